The van der Waals surface area contributed by atoms with Gasteiger partial charge in [0.05, 0.1) is 5.52 Å². The van der Waals surface area contributed by atoms with Crippen LogP contribution in [0.5, 0.6) is 5.75 Å². The van der Waals surface area contributed by atoms with Gasteiger partial charge >= 0.3 is 5.97 Å². The Morgan fingerprint density at radius 3 is 2.62 bits per heavy atom. The number of hydrogen-bond acceptors (Lipinski definition) is 5. The van der Waals surface area contributed by atoms with Gasteiger partial charge in [0, 0.05) is 20.9 Å². The number of nitrogens with zero attached hydrogens (tertiary/aromatic N) is 1. The molecule has 7 heteroatoms. The maximum atomic E-state index is 11.9. The van der Waals surface area contributed by atoms with Crippen LogP contribution in [0.1, 0.15) is 5.56 Å². The van der Waals surface area contributed by atoms with Gasteiger partial charge in [-0.3, -0.25) is 0 Å². The Hall–Kier alpha value is -1.95. The molecule has 4 nitrogen and oxygen atoms in total. The fourth-order valence-corrected chi connectivity index (χ4v) is 3.03. The zero-order valence-electron chi connectivity index (χ0n) is 13.9. The summed E-state index contributed by atoms with van der Waals surface area (Å²) in [7, 11) is 0. The second-order valence-electron chi connectivity index (χ2n) is 5.40. The highest BCUT2D eigenvalue weighted by Gasteiger charge is 2.10. The lowest BCUT2D eigenvalue weighted by Gasteiger charge is -2.09. The normalized spacial score (nSPS) is 10.7. The Bertz CT molecular complexity index is 932. The molecule has 0 saturated heterocycles. The third-order valence-electron chi connectivity index (χ3n) is 3.61. The third-order valence-corrected chi connectivity index (χ3v) is 4.91. The van der Waals surface area contributed by atoms with Crippen molar-refractivity contribution in [3.63, 3.8) is 0 Å². The minimum Gasteiger partial charge on any atom is -0.482 e. The van der Waals surface area contributed by atoms with E-state index in [2.05, 4.69) is 4.98 Å². The minimum atomic E-state index is -0.492. The zero-order valence-corrected chi connectivity index (χ0v) is 16.2. The average Bonchev–Trinajstić information content (AvgIpc) is 2.65. The minimum absolute atomic E-state index is 0.0366. The number of hydrogen-bond donors (Lipinski definition) is 0. The molecule has 3 rings (SSSR count). The van der Waals surface area contributed by atoms with Gasteiger partial charge < -0.3 is 9.47 Å². The number of rotatable bonds is 6. The van der Waals surface area contributed by atoms with Gasteiger partial charge in [-0.1, -0.05) is 29.3 Å². The Morgan fingerprint density at radius 2 is 1.88 bits per heavy atom. The molecule has 0 amide bonds. The summed E-state index contributed by atoms with van der Waals surface area (Å²) in [6, 6.07) is 14.6. The van der Waals surface area contributed by atoms with Gasteiger partial charge in [-0.2, -0.15) is 0 Å². The number of halogens is 2. The topological polar surface area (TPSA) is 48.4 Å². The molecule has 26 heavy (non-hydrogen) atoms. The van der Waals surface area contributed by atoms with Gasteiger partial charge in [-0.15, -0.1) is 11.8 Å². The second-order valence-corrected chi connectivity index (χ2v) is 7.07. The predicted octanol–water partition coefficient (Wildman–Crippen LogP) is 5.39. The summed E-state index contributed by atoms with van der Waals surface area (Å²) in [5.74, 6) is 0.0511. The second kappa shape index (κ2) is 8.62. The number of esters is 1. The molecule has 0 bridgehead atoms. The first-order valence-electron chi connectivity index (χ1n) is 7.72. The Morgan fingerprint density at radius 1 is 1.12 bits per heavy atom. The van der Waals surface area contributed by atoms with Gasteiger partial charge in [0.15, 0.2) is 6.61 Å². The van der Waals surface area contributed by atoms with E-state index in [1.165, 1.54) is 0 Å². The van der Waals surface area contributed by atoms with Crippen molar-refractivity contribution >= 4 is 51.8 Å². The molecule has 0 aliphatic carbocycles. The summed E-state index contributed by atoms with van der Waals surface area (Å²) in [5.41, 5.74) is 1.46. The highest BCUT2D eigenvalue weighted by Crippen LogP contribution is 2.25. The van der Waals surface area contributed by atoms with E-state index in [-0.39, 0.29) is 13.2 Å². The lowest BCUT2D eigenvalue weighted by atomic mass is 10.2. The largest absolute Gasteiger partial charge is 0.482 e. The molecule has 0 spiro atoms. The molecule has 0 unspecified atom stereocenters. The van der Waals surface area contributed by atoms with Crippen LogP contribution >= 0.6 is 35.0 Å². The van der Waals surface area contributed by atoms with Crippen LogP contribution in [0.4, 0.5) is 0 Å². The van der Waals surface area contributed by atoms with E-state index in [0.29, 0.717) is 21.5 Å². The van der Waals surface area contributed by atoms with Crippen LogP contribution in [0.25, 0.3) is 10.9 Å². The zero-order chi connectivity index (χ0) is 18.5. The molecule has 0 radical (unpaired) electrons. The Balaban J connectivity index is 1.60. The third kappa shape index (κ3) is 4.81. The standard InChI is InChI=1S/C19H15Cl2NO3S/c1-26-16-7-2-12-8-13(19(21)22-17(12)9-16)10-25-18(23)11-24-15-5-3-14(20)4-6-15/h2-9H,10-11H2,1H3. The molecule has 0 atom stereocenters. The summed E-state index contributed by atoms with van der Waals surface area (Å²) in [6.45, 7) is -0.161. The predicted molar refractivity (Wildman–Crippen MR) is 105 cm³/mol. The van der Waals surface area contributed by atoms with Crippen molar-refractivity contribution in [1.29, 1.82) is 0 Å². The van der Waals surface area contributed by atoms with Crippen molar-refractivity contribution in [2.45, 2.75) is 11.5 Å². The quantitative estimate of drug-likeness (QED) is 0.311. The maximum absolute atomic E-state index is 11.9. The van der Waals surface area contributed by atoms with Crippen molar-refractivity contribution < 1.29 is 14.3 Å². The monoisotopic (exact) mass is 407 g/mol. The number of ether oxygens (including phenoxy) is 2. The van der Waals surface area contributed by atoms with E-state index < -0.39 is 5.97 Å². The molecule has 0 fully saturated rings. The number of carbonyl (C=O) groups excluding carboxylic acids is 1. The average molecular weight is 408 g/mol. The highest BCUT2D eigenvalue weighted by molar-refractivity contribution is 7.98. The maximum Gasteiger partial charge on any atom is 0.344 e. The van der Waals surface area contributed by atoms with Gasteiger partial charge in [0.25, 0.3) is 0 Å². The van der Waals surface area contributed by atoms with E-state index in [0.717, 1.165) is 15.8 Å². The number of thioether (sulfide) groups is 1. The summed E-state index contributed by atoms with van der Waals surface area (Å²) in [5, 5.41) is 1.86. The van der Waals surface area contributed by atoms with Gasteiger partial charge in [0.2, 0.25) is 0 Å². The van der Waals surface area contributed by atoms with E-state index in [1.54, 1.807) is 36.0 Å². The van der Waals surface area contributed by atoms with Crippen LogP contribution in [0, 0.1) is 0 Å². The van der Waals surface area contributed by atoms with Crippen molar-refractivity contribution in [2.24, 2.45) is 0 Å². The summed E-state index contributed by atoms with van der Waals surface area (Å²) >= 11 is 13.7. The molecule has 1 heterocycles. The van der Waals surface area contributed by atoms with Crippen molar-refractivity contribution in [1.82, 2.24) is 4.98 Å². The van der Waals surface area contributed by atoms with Crippen molar-refractivity contribution in [3.05, 3.63) is 64.3 Å². The molecule has 0 N–H and O–H groups in total. The van der Waals surface area contributed by atoms with Crippen LogP contribution in [0.15, 0.2) is 53.4 Å². The van der Waals surface area contributed by atoms with Crippen LogP contribution in [0.3, 0.4) is 0 Å². The Labute approximate surface area is 165 Å². The smallest absolute Gasteiger partial charge is 0.344 e. The lowest BCUT2D eigenvalue weighted by Crippen LogP contribution is -2.15. The summed E-state index contributed by atoms with van der Waals surface area (Å²) in [4.78, 5) is 17.4. The molecule has 3 aromatic rings. The van der Waals surface area contributed by atoms with Crippen LogP contribution < -0.4 is 4.74 Å². The van der Waals surface area contributed by atoms with Crippen molar-refractivity contribution in [2.75, 3.05) is 12.9 Å². The first-order valence-corrected chi connectivity index (χ1v) is 9.70. The molecular weight excluding hydrogens is 393 g/mol. The number of carbonyl (C=O) groups is 1. The van der Waals surface area contributed by atoms with Gasteiger partial charge in [-0.05, 0) is 48.7 Å². The molecule has 2 aromatic carbocycles. The van der Waals surface area contributed by atoms with Crippen LogP contribution in [-0.4, -0.2) is 23.8 Å². The lowest BCUT2D eigenvalue weighted by molar-refractivity contribution is -0.147. The molecule has 1 aromatic heterocycles. The molecular formula is C19H15Cl2NO3S. The fraction of sp³-hybridized carbons (Fsp3) is 0.158. The molecule has 0 aliphatic rings. The van der Waals surface area contributed by atoms with Crippen LogP contribution in [-0.2, 0) is 16.1 Å². The number of aromatic nitrogens is 1. The van der Waals surface area contributed by atoms with Gasteiger partial charge in [0.1, 0.15) is 17.5 Å². The number of pyridine rings is 1. The van der Waals surface area contributed by atoms with Crippen molar-refractivity contribution in [3.8, 4) is 5.75 Å². The summed E-state index contributed by atoms with van der Waals surface area (Å²) in [6.07, 6.45) is 2.00. The van der Waals surface area contributed by atoms with Crippen LogP contribution in [0.2, 0.25) is 10.2 Å². The number of fused-ring (bicyclic) bond motifs is 1. The highest BCUT2D eigenvalue weighted by atomic mass is 35.5. The van der Waals surface area contributed by atoms with E-state index in [1.807, 2.05) is 30.5 Å². The van der Waals surface area contributed by atoms with E-state index >= 15 is 0 Å². The van der Waals surface area contributed by atoms with Gasteiger partial charge in [-0.25, -0.2) is 9.78 Å². The number of benzene rings is 2. The molecule has 0 aliphatic heterocycles. The first-order chi connectivity index (χ1) is 12.5. The SMILES string of the molecule is CSc1ccc2cc(COC(=O)COc3ccc(Cl)cc3)c(Cl)nc2c1. The molecule has 0 saturated carbocycles. The summed E-state index contributed by atoms with van der Waals surface area (Å²) < 4.78 is 10.6. The fourth-order valence-electron chi connectivity index (χ4n) is 2.27. The van der Waals surface area contributed by atoms with E-state index in [4.69, 9.17) is 32.7 Å². The van der Waals surface area contributed by atoms with E-state index in [9.17, 15) is 4.79 Å². The first kappa shape index (κ1) is 18.8. The Kier molecular flexibility index (Phi) is 6.25. The molecule has 134 valence electrons.